The molecule has 1 amide bonds. The van der Waals surface area contributed by atoms with E-state index in [4.69, 9.17) is 13.9 Å². The minimum absolute atomic E-state index is 0. The number of aliphatic hydroxyl groups excluding tert-OH is 4. The maximum absolute atomic E-state index is 12.1. The number of carboxylic acid groups (broad SMARTS) is 1. The van der Waals surface area contributed by atoms with Gasteiger partial charge in [-0.15, -0.1) is 0 Å². The number of benzene rings is 1. The first-order valence-electron chi connectivity index (χ1n) is 10.0. The summed E-state index contributed by atoms with van der Waals surface area (Å²) in [5.41, 5.74) is 0.0901. The molecule has 1 aliphatic rings. The fraction of sp³-hybridized carbons (Fsp3) is 0.476. The summed E-state index contributed by atoms with van der Waals surface area (Å²) >= 11 is 0. The van der Waals surface area contributed by atoms with Gasteiger partial charge >= 0.3 is 35.2 Å². The van der Waals surface area contributed by atoms with E-state index in [2.05, 4.69) is 5.32 Å². The van der Waals surface area contributed by atoms with Crippen LogP contribution in [0.4, 0.5) is 0 Å². The average Bonchev–Trinajstić information content (AvgIpc) is 2.73. The van der Waals surface area contributed by atoms with E-state index in [0.29, 0.717) is 10.9 Å². The van der Waals surface area contributed by atoms with Gasteiger partial charge < -0.3 is 55.0 Å². The molecule has 1 aromatic carbocycles. The van der Waals surface area contributed by atoms with Crippen molar-refractivity contribution >= 4 is 22.8 Å². The molecule has 5 unspecified atom stereocenters. The zero-order valence-electron chi connectivity index (χ0n) is 19.3. The quantitative estimate of drug-likeness (QED) is 0.175. The van der Waals surface area contributed by atoms with Crippen molar-refractivity contribution in [1.82, 2.24) is 5.32 Å². The van der Waals surface area contributed by atoms with Crippen molar-refractivity contribution in [3.63, 3.8) is 0 Å². The summed E-state index contributed by atoms with van der Waals surface area (Å²) in [5, 5.41) is 55.1. The van der Waals surface area contributed by atoms with Gasteiger partial charge in [-0.25, -0.2) is 4.79 Å². The molecule has 0 saturated carbocycles. The van der Waals surface area contributed by atoms with Crippen molar-refractivity contribution in [2.24, 2.45) is 0 Å². The van der Waals surface area contributed by atoms with Crippen molar-refractivity contribution in [1.29, 1.82) is 0 Å². The number of rotatable bonds is 7. The first kappa shape index (κ1) is 31.0. The SMILES string of the molecule is CC(=O)NC1C(O)C[C@@](Oc2ccc3c(C)cc(=O)oc3c2)(C(=O)[O-])OC1C(O)C(O)CO.O.[Na+]. The molecule has 188 valence electrons. The summed E-state index contributed by atoms with van der Waals surface area (Å²) in [6.07, 6.45) is -7.76. The Labute approximate surface area is 220 Å². The molecule has 2 heterocycles. The van der Waals surface area contributed by atoms with Gasteiger partial charge in [-0.05, 0) is 24.6 Å². The summed E-state index contributed by atoms with van der Waals surface area (Å²) in [4.78, 5) is 35.4. The van der Waals surface area contributed by atoms with E-state index in [1.807, 2.05) is 0 Å². The van der Waals surface area contributed by atoms with Crippen LogP contribution >= 0.6 is 0 Å². The van der Waals surface area contributed by atoms with Crippen LogP contribution in [0, 0.1) is 6.92 Å². The van der Waals surface area contributed by atoms with E-state index in [0.717, 1.165) is 6.92 Å². The molecule has 13 nitrogen and oxygen atoms in total. The smallest absolute Gasteiger partial charge is 0.543 e. The van der Waals surface area contributed by atoms with Gasteiger partial charge in [-0.1, -0.05) is 0 Å². The fourth-order valence-electron chi connectivity index (χ4n) is 3.78. The average molecular weight is 507 g/mol. The number of aliphatic hydroxyl groups is 4. The topological polar surface area (TPSA) is 230 Å². The third-order valence-corrected chi connectivity index (χ3v) is 5.38. The molecular formula is C21H26NNaO12. The molecule has 6 atom stereocenters. The molecule has 2 aromatic rings. The Morgan fingerprint density at radius 2 is 1.97 bits per heavy atom. The van der Waals surface area contributed by atoms with E-state index in [-0.39, 0.29) is 46.4 Å². The van der Waals surface area contributed by atoms with Gasteiger partial charge in [0.15, 0.2) is 0 Å². The molecule has 0 radical (unpaired) electrons. The number of fused-ring (bicyclic) bond motifs is 1. The second-order valence-electron chi connectivity index (χ2n) is 7.87. The van der Waals surface area contributed by atoms with E-state index < -0.39 is 66.8 Å². The van der Waals surface area contributed by atoms with Crippen LogP contribution in [0.5, 0.6) is 5.75 Å². The van der Waals surface area contributed by atoms with Crippen LogP contribution in [0.1, 0.15) is 18.9 Å². The number of hydrogen-bond acceptors (Lipinski definition) is 11. The minimum atomic E-state index is -2.66. The maximum atomic E-state index is 12.1. The number of carbonyl (C=O) groups excluding carboxylic acids is 2. The van der Waals surface area contributed by atoms with Crippen LogP contribution in [0.25, 0.3) is 11.0 Å². The van der Waals surface area contributed by atoms with Crippen LogP contribution in [-0.2, 0) is 14.3 Å². The molecule has 1 aliphatic heterocycles. The molecular weight excluding hydrogens is 481 g/mol. The molecule has 1 aromatic heterocycles. The van der Waals surface area contributed by atoms with Gasteiger partial charge in [0, 0.05) is 30.9 Å². The molecule has 7 N–H and O–H groups in total. The second kappa shape index (κ2) is 12.3. The summed E-state index contributed by atoms with van der Waals surface area (Å²) < 4.78 is 16.1. The van der Waals surface area contributed by atoms with Gasteiger partial charge in [0.25, 0.3) is 5.79 Å². The third kappa shape index (κ3) is 6.58. The molecule has 0 spiro atoms. The Balaban J connectivity index is 0.00000306. The predicted octanol–water partition coefficient (Wildman–Crippen LogP) is -6.53. The maximum Gasteiger partial charge on any atom is 1.00 e. The van der Waals surface area contributed by atoms with E-state index in [1.54, 1.807) is 6.92 Å². The normalized spacial score (nSPS) is 25.5. The first-order chi connectivity index (χ1) is 15.5. The standard InChI is InChI=1S/C21H25NO11.Na.H2O/c1-9-5-16(27)31-15-6-11(3-4-12(9)15)32-21(20(29)30)7-13(25)17(22-10(2)24)19(33-21)18(28)14(26)8-23;;/h3-6,13-14,17-19,23,25-26,28H,7-8H2,1-2H3,(H,22,24)(H,29,30);;1H2/q;+1;/p-1/t13?,14?,17?,18?,19?,21-;;/m0../s1. The largest absolute Gasteiger partial charge is 1.00 e. The van der Waals surface area contributed by atoms with Crippen LogP contribution in [0.3, 0.4) is 0 Å². The van der Waals surface area contributed by atoms with Crippen molar-refractivity contribution < 1.29 is 84.0 Å². The second-order valence-corrected chi connectivity index (χ2v) is 7.87. The minimum Gasteiger partial charge on any atom is -0.543 e. The number of aryl methyl sites for hydroxylation is 1. The fourth-order valence-corrected chi connectivity index (χ4v) is 3.78. The predicted molar refractivity (Wildman–Crippen MR) is 111 cm³/mol. The van der Waals surface area contributed by atoms with Gasteiger partial charge in [0.2, 0.25) is 5.91 Å². The van der Waals surface area contributed by atoms with E-state index in [9.17, 15) is 39.9 Å². The van der Waals surface area contributed by atoms with E-state index >= 15 is 0 Å². The Kier molecular flexibility index (Phi) is 10.8. The molecule has 0 aliphatic carbocycles. The van der Waals surface area contributed by atoms with Crippen LogP contribution in [0.2, 0.25) is 0 Å². The van der Waals surface area contributed by atoms with Gasteiger partial charge in [-0.3, -0.25) is 4.79 Å². The molecule has 14 heteroatoms. The molecule has 1 fully saturated rings. The number of ether oxygens (including phenoxy) is 2. The number of nitrogens with one attached hydrogen (secondary N) is 1. The first-order valence-corrected chi connectivity index (χ1v) is 10.0. The Bertz CT molecular complexity index is 1110. The Morgan fingerprint density at radius 1 is 1.31 bits per heavy atom. The van der Waals surface area contributed by atoms with Gasteiger partial charge in [0.05, 0.1) is 18.8 Å². The number of hydrogen-bond donors (Lipinski definition) is 5. The number of carbonyl (C=O) groups is 2. The van der Waals surface area contributed by atoms with Crippen molar-refractivity contribution in [3.8, 4) is 5.75 Å². The molecule has 0 bridgehead atoms. The van der Waals surface area contributed by atoms with Crippen molar-refractivity contribution in [2.45, 2.75) is 56.5 Å². The van der Waals surface area contributed by atoms with Gasteiger partial charge in [0.1, 0.15) is 35.6 Å². The molecule has 35 heavy (non-hydrogen) atoms. The summed E-state index contributed by atoms with van der Waals surface area (Å²) in [5.74, 6) is -5.32. The van der Waals surface area contributed by atoms with Gasteiger partial charge in [-0.2, -0.15) is 0 Å². The summed E-state index contributed by atoms with van der Waals surface area (Å²) in [7, 11) is 0. The molecule has 1 saturated heterocycles. The number of amides is 1. The molecule has 3 rings (SSSR count). The van der Waals surface area contributed by atoms with Crippen LogP contribution < -0.4 is 50.3 Å². The monoisotopic (exact) mass is 507 g/mol. The zero-order valence-corrected chi connectivity index (χ0v) is 21.3. The van der Waals surface area contributed by atoms with Crippen LogP contribution in [0.15, 0.2) is 33.5 Å². The summed E-state index contributed by atoms with van der Waals surface area (Å²) in [6, 6.07) is 4.09. The van der Waals surface area contributed by atoms with E-state index in [1.165, 1.54) is 24.3 Å². The Morgan fingerprint density at radius 3 is 2.54 bits per heavy atom. The number of carboxylic acids is 1. The number of aliphatic carboxylic acids is 1. The third-order valence-electron chi connectivity index (χ3n) is 5.38. The summed E-state index contributed by atoms with van der Waals surface area (Å²) in [6.45, 7) is 1.90. The Hall–Kier alpha value is -2.07. The van der Waals surface area contributed by atoms with Crippen molar-refractivity contribution in [2.75, 3.05) is 6.61 Å². The van der Waals surface area contributed by atoms with Crippen molar-refractivity contribution in [3.05, 3.63) is 40.2 Å². The van der Waals surface area contributed by atoms with Crippen LogP contribution in [-0.4, -0.2) is 80.6 Å². The zero-order chi connectivity index (χ0) is 24.5.